The Labute approximate surface area is 125 Å². The van der Waals surface area contributed by atoms with Gasteiger partial charge < -0.3 is 5.32 Å². The maximum Gasteiger partial charge on any atom is 0.416 e. The van der Waals surface area contributed by atoms with Crippen LogP contribution < -0.4 is 5.32 Å². The second kappa shape index (κ2) is 6.46. The molecule has 1 aromatic carbocycles. The number of aromatic nitrogens is 2. The number of rotatable bonds is 4. The molecule has 4 nitrogen and oxygen atoms in total. The number of nitrogens with zero attached hydrogens (tertiary/aromatic N) is 2. The SMILES string of the molecule is Cn1cc(/C=C/C(=O)NCc2cccc(C(F)(F)F)c2)cn1. The molecule has 0 aliphatic rings. The van der Waals surface area contributed by atoms with Gasteiger partial charge in [-0.05, 0) is 23.8 Å². The van der Waals surface area contributed by atoms with Crippen LogP contribution in [-0.2, 0) is 24.6 Å². The van der Waals surface area contributed by atoms with Gasteiger partial charge in [0.25, 0.3) is 0 Å². The van der Waals surface area contributed by atoms with Gasteiger partial charge in [-0.25, -0.2) is 0 Å². The zero-order valence-electron chi connectivity index (χ0n) is 11.8. The van der Waals surface area contributed by atoms with Gasteiger partial charge in [-0.1, -0.05) is 12.1 Å². The van der Waals surface area contributed by atoms with Crippen LogP contribution in [0.1, 0.15) is 16.7 Å². The highest BCUT2D eigenvalue weighted by molar-refractivity contribution is 5.91. The van der Waals surface area contributed by atoms with E-state index in [0.717, 1.165) is 17.7 Å². The number of alkyl halides is 3. The first kappa shape index (κ1) is 15.8. The second-order valence-electron chi connectivity index (χ2n) is 4.70. The minimum absolute atomic E-state index is 0.0279. The molecular weight excluding hydrogens is 295 g/mol. The summed E-state index contributed by atoms with van der Waals surface area (Å²) in [5, 5.41) is 6.48. The average molecular weight is 309 g/mol. The Kier molecular flexibility index (Phi) is 4.65. The molecule has 0 bridgehead atoms. The van der Waals surface area contributed by atoms with Crippen LogP contribution in [0, 0.1) is 0 Å². The minimum Gasteiger partial charge on any atom is -0.348 e. The van der Waals surface area contributed by atoms with Crippen LogP contribution in [0.2, 0.25) is 0 Å². The number of aryl methyl sites for hydroxylation is 1. The molecule has 1 amide bonds. The van der Waals surface area contributed by atoms with Crippen molar-refractivity contribution in [3.05, 3.63) is 59.4 Å². The van der Waals surface area contributed by atoms with Crippen molar-refractivity contribution in [3.63, 3.8) is 0 Å². The van der Waals surface area contributed by atoms with Crippen molar-refractivity contribution >= 4 is 12.0 Å². The Morgan fingerprint density at radius 3 is 2.82 bits per heavy atom. The molecule has 0 saturated carbocycles. The Morgan fingerprint density at radius 2 is 2.18 bits per heavy atom. The highest BCUT2D eigenvalue weighted by Crippen LogP contribution is 2.29. The number of amides is 1. The summed E-state index contributed by atoms with van der Waals surface area (Å²) in [7, 11) is 1.76. The molecule has 1 aromatic heterocycles. The molecule has 0 aliphatic carbocycles. The normalized spacial score (nSPS) is 11.8. The molecule has 2 rings (SSSR count). The van der Waals surface area contributed by atoms with Crippen LogP contribution in [0.25, 0.3) is 6.08 Å². The van der Waals surface area contributed by atoms with Gasteiger partial charge in [-0.3, -0.25) is 9.48 Å². The number of halogens is 3. The van der Waals surface area contributed by atoms with E-state index >= 15 is 0 Å². The van der Waals surface area contributed by atoms with E-state index in [9.17, 15) is 18.0 Å². The highest BCUT2D eigenvalue weighted by atomic mass is 19.4. The fourth-order valence-corrected chi connectivity index (χ4v) is 1.80. The summed E-state index contributed by atoms with van der Waals surface area (Å²) < 4.78 is 39.3. The van der Waals surface area contributed by atoms with Gasteiger partial charge in [0.15, 0.2) is 0 Å². The molecule has 0 radical (unpaired) electrons. The van der Waals surface area contributed by atoms with Crippen molar-refractivity contribution in [1.82, 2.24) is 15.1 Å². The Hall–Kier alpha value is -2.57. The molecule has 0 aliphatic heterocycles. The van der Waals surface area contributed by atoms with Crippen molar-refractivity contribution < 1.29 is 18.0 Å². The molecule has 7 heteroatoms. The maximum atomic E-state index is 12.6. The van der Waals surface area contributed by atoms with Gasteiger partial charge in [-0.15, -0.1) is 0 Å². The van der Waals surface area contributed by atoms with Crippen molar-refractivity contribution in [1.29, 1.82) is 0 Å². The molecule has 0 fully saturated rings. The maximum absolute atomic E-state index is 12.6. The van der Waals surface area contributed by atoms with E-state index in [4.69, 9.17) is 0 Å². The topological polar surface area (TPSA) is 46.9 Å². The Bertz CT molecular complexity index is 689. The minimum atomic E-state index is -4.39. The quantitative estimate of drug-likeness (QED) is 0.883. The van der Waals surface area contributed by atoms with Crippen molar-refractivity contribution in [2.45, 2.75) is 12.7 Å². The van der Waals surface area contributed by atoms with E-state index in [1.807, 2.05) is 0 Å². The Balaban J connectivity index is 1.92. The van der Waals surface area contributed by atoms with Crippen LogP contribution in [0.15, 0.2) is 42.7 Å². The van der Waals surface area contributed by atoms with Crippen LogP contribution in [0.3, 0.4) is 0 Å². The third kappa shape index (κ3) is 4.47. The number of carbonyl (C=O) groups excluding carboxylic acids is 1. The lowest BCUT2D eigenvalue weighted by Gasteiger charge is -2.08. The second-order valence-corrected chi connectivity index (χ2v) is 4.70. The van der Waals surface area contributed by atoms with Gasteiger partial charge in [0.05, 0.1) is 11.8 Å². The lowest BCUT2D eigenvalue weighted by atomic mass is 10.1. The van der Waals surface area contributed by atoms with Crippen LogP contribution in [-0.4, -0.2) is 15.7 Å². The molecule has 1 heterocycles. The summed E-state index contributed by atoms with van der Waals surface area (Å²) in [5.41, 5.74) is 0.417. The third-order valence-corrected chi connectivity index (χ3v) is 2.87. The summed E-state index contributed by atoms with van der Waals surface area (Å²) in [6.45, 7) is 0.0279. The standard InChI is InChI=1S/C15H14F3N3O/c1-21-10-12(9-20-21)5-6-14(22)19-8-11-3-2-4-13(7-11)15(16,17)18/h2-7,9-10H,8H2,1H3,(H,19,22)/b6-5+. The van der Waals surface area contributed by atoms with Crippen molar-refractivity contribution in [2.24, 2.45) is 7.05 Å². The highest BCUT2D eigenvalue weighted by Gasteiger charge is 2.30. The molecule has 2 aromatic rings. The summed E-state index contributed by atoms with van der Waals surface area (Å²) in [6, 6.07) is 4.86. The first-order valence-electron chi connectivity index (χ1n) is 6.45. The zero-order valence-corrected chi connectivity index (χ0v) is 11.8. The fourth-order valence-electron chi connectivity index (χ4n) is 1.80. The molecule has 0 unspecified atom stereocenters. The van der Waals surface area contributed by atoms with Gasteiger partial charge >= 0.3 is 6.18 Å². The van der Waals surface area contributed by atoms with E-state index < -0.39 is 11.7 Å². The van der Waals surface area contributed by atoms with E-state index in [0.29, 0.717) is 5.56 Å². The predicted molar refractivity (Wildman–Crippen MR) is 75.5 cm³/mol. The largest absolute Gasteiger partial charge is 0.416 e. The number of benzene rings is 1. The van der Waals surface area contributed by atoms with E-state index in [1.54, 1.807) is 30.2 Å². The monoisotopic (exact) mass is 309 g/mol. The molecule has 0 spiro atoms. The Morgan fingerprint density at radius 1 is 1.41 bits per heavy atom. The van der Waals surface area contributed by atoms with Crippen LogP contribution >= 0.6 is 0 Å². The average Bonchev–Trinajstić information content (AvgIpc) is 2.88. The van der Waals surface area contributed by atoms with Crippen molar-refractivity contribution in [2.75, 3.05) is 0 Å². The van der Waals surface area contributed by atoms with Crippen molar-refractivity contribution in [3.8, 4) is 0 Å². The molecule has 0 atom stereocenters. The van der Waals surface area contributed by atoms with E-state index in [1.165, 1.54) is 18.2 Å². The molecule has 22 heavy (non-hydrogen) atoms. The molecule has 116 valence electrons. The fraction of sp³-hybridized carbons (Fsp3) is 0.200. The molecular formula is C15H14F3N3O. The number of nitrogens with one attached hydrogen (secondary N) is 1. The zero-order chi connectivity index (χ0) is 16.2. The number of hydrogen-bond donors (Lipinski definition) is 1. The smallest absolute Gasteiger partial charge is 0.348 e. The lowest BCUT2D eigenvalue weighted by molar-refractivity contribution is -0.137. The van der Waals surface area contributed by atoms with Gasteiger partial charge in [0, 0.05) is 31.4 Å². The van der Waals surface area contributed by atoms with Gasteiger partial charge in [-0.2, -0.15) is 18.3 Å². The number of hydrogen-bond acceptors (Lipinski definition) is 2. The predicted octanol–water partition coefficient (Wildman–Crippen LogP) is 2.77. The van der Waals surface area contributed by atoms with Gasteiger partial charge in [0.1, 0.15) is 0 Å². The van der Waals surface area contributed by atoms with Crippen LogP contribution in [0.4, 0.5) is 13.2 Å². The third-order valence-electron chi connectivity index (χ3n) is 2.87. The van der Waals surface area contributed by atoms with E-state index in [-0.39, 0.29) is 12.5 Å². The van der Waals surface area contributed by atoms with E-state index in [2.05, 4.69) is 10.4 Å². The lowest BCUT2D eigenvalue weighted by Crippen LogP contribution is -2.20. The summed E-state index contributed by atoms with van der Waals surface area (Å²) >= 11 is 0. The first-order chi connectivity index (χ1) is 10.3. The first-order valence-corrected chi connectivity index (χ1v) is 6.45. The summed E-state index contributed by atoms with van der Waals surface area (Å²) in [4.78, 5) is 11.6. The van der Waals surface area contributed by atoms with Gasteiger partial charge in [0.2, 0.25) is 5.91 Å². The molecule has 1 N–H and O–H groups in total. The van der Waals surface area contributed by atoms with Crippen LogP contribution in [0.5, 0.6) is 0 Å². The molecule has 0 saturated heterocycles. The summed E-state index contributed by atoms with van der Waals surface area (Å²) in [5.74, 6) is -0.388. The summed E-state index contributed by atoms with van der Waals surface area (Å²) in [6.07, 6.45) is 1.83. The number of carbonyl (C=O) groups is 1.